The van der Waals surface area contributed by atoms with E-state index in [0.717, 1.165) is 6.42 Å². The van der Waals surface area contributed by atoms with Gasteiger partial charge in [-0.1, -0.05) is 46.5 Å². The molecule has 0 aliphatic rings. The zero-order valence-electron chi connectivity index (χ0n) is 13.9. The molecule has 2 atom stereocenters. The van der Waals surface area contributed by atoms with E-state index in [0.29, 0.717) is 13.0 Å². The zero-order valence-corrected chi connectivity index (χ0v) is 13.9. The number of carbonyl (C=O) groups excluding carboxylic acids is 1. The van der Waals surface area contributed by atoms with Gasteiger partial charge in [0, 0.05) is 12.6 Å². The van der Waals surface area contributed by atoms with E-state index in [1.54, 1.807) is 0 Å². The number of nitrogens with one attached hydrogen (secondary N) is 1. The summed E-state index contributed by atoms with van der Waals surface area (Å²) in [5, 5.41) is 3.21. The first-order chi connectivity index (χ1) is 9.51. The van der Waals surface area contributed by atoms with Crippen molar-refractivity contribution in [2.75, 3.05) is 13.7 Å². The number of hydrogen-bond acceptors (Lipinski definition) is 4. The molecule has 0 radical (unpaired) electrons. The maximum atomic E-state index is 11.6. The normalized spacial score (nSPS) is 14.3. The summed E-state index contributed by atoms with van der Waals surface area (Å²) in [5.74, 6) is -0.210. The van der Waals surface area contributed by atoms with E-state index in [1.165, 1.54) is 32.8 Å². The van der Waals surface area contributed by atoms with Crippen LogP contribution in [0.5, 0.6) is 0 Å². The molecule has 0 aliphatic heterocycles. The minimum atomic E-state index is -0.271. The molecule has 0 spiro atoms. The van der Waals surface area contributed by atoms with Crippen LogP contribution < -0.4 is 5.32 Å². The third-order valence-electron chi connectivity index (χ3n) is 3.29. The van der Waals surface area contributed by atoms with Gasteiger partial charge in [-0.25, -0.2) is 0 Å². The van der Waals surface area contributed by atoms with Crippen LogP contribution >= 0.6 is 0 Å². The molecular weight excluding hydrogens is 254 g/mol. The molecule has 0 saturated carbocycles. The Balaban J connectivity index is 3.83. The minimum Gasteiger partial charge on any atom is -0.468 e. The Morgan fingerprint density at radius 1 is 1.10 bits per heavy atom. The topological polar surface area (TPSA) is 47.6 Å². The lowest BCUT2D eigenvalue weighted by Gasteiger charge is -2.20. The average Bonchev–Trinajstić information content (AvgIpc) is 2.41. The third-order valence-corrected chi connectivity index (χ3v) is 3.29. The quantitative estimate of drug-likeness (QED) is 0.442. The molecule has 2 unspecified atom stereocenters. The number of rotatable bonds is 12. The number of methoxy groups -OCH3 is 1. The summed E-state index contributed by atoms with van der Waals surface area (Å²) in [5.41, 5.74) is 0. The maximum Gasteiger partial charge on any atom is 0.322 e. The first-order valence-corrected chi connectivity index (χ1v) is 7.96. The van der Waals surface area contributed by atoms with Crippen LogP contribution in [0.15, 0.2) is 0 Å². The van der Waals surface area contributed by atoms with Crippen molar-refractivity contribution in [3.63, 3.8) is 0 Å². The lowest BCUT2D eigenvalue weighted by atomic mass is 10.1. The number of hydrogen-bond donors (Lipinski definition) is 1. The lowest BCUT2D eigenvalue weighted by molar-refractivity contribution is -0.144. The van der Waals surface area contributed by atoms with Crippen LogP contribution in [0.3, 0.4) is 0 Å². The molecule has 120 valence electrons. The fraction of sp³-hybridized carbons (Fsp3) is 0.938. The summed E-state index contributed by atoms with van der Waals surface area (Å²) in [6.45, 7) is 8.96. The molecule has 20 heavy (non-hydrogen) atoms. The van der Waals surface area contributed by atoms with Gasteiger partial charge in [0.25, 0.3) is 0 Å². The van der Waals surface area contributed by atoms with Crippen LogP contribution in [0.4, 0.5) is 0 Å². The molecule has 4 heteroatoms. The van der Waals surface area contributed by atoms with Crippen LogP contribution in [-0.2, 0) is 14.3 Å². The van der Waals surface area contributed by atoms with E-state index in [-0.39, 0.29) is 24.2 Å². The molecule has 1 N–H and O–H groups in total. The first-order valence-electron chi connectivity index (χ1n) is 7.96. The molecule has 0 bridgehead atoms. The smallest absolute Gasteiger partial charge is 0.322 e. The van der Waals surface area contributed by atoms with Gasteiger partial charge in [0.2, 0.25) is 0 Å². The van der Waals surface area contributed by atoms with Gasteiger partial charge >= 0.3 is 5.97 Å². The van der Waals surface area contributed by atoms with Gasteiger partial charge < -0.3 is 14.8 Å². The molecule has 0 saturated heterocycles. The van der Waals surface area contributed by atoms with Crippen molar-refractivity contribution in [1.82, 2.24) is 5.32 Å². The van der Waals surface area contributed by atoms with Crippen molar-refractivity contribution in [2.24, 2.45) is 0 Å². The largest absolute Gasteiger partial charge is 0.468 e. The highest BCUT2D eigenvalue weighted by Crippen LogP contribution is 2.09. The predicted octanol–water partition coefficient (Wildman–Crippen LogP) is 3.29. The van der Waals surface area contributed by atoms with Crippen LogP contribution in [0.1, 0.15) is 66.2 Å². The van der Waals surface area contributed by atoms with Gasteiger partial charge in [-0.3, -0.25) is 4.79 Å². The third kappa shape index (κ3) is 10.2. The van der Waals surface area contributed by atoms with Crippen molar-refractivity contribution in [3.05, 3.63) is 0 Å². The lowest BCUT2D eigenvalue weighted by Crippen LogP contribution is -2.42. The van der Waals surface area contributed by atoms with Gasteiger partial charge in [-0.2, -0.15) is 0 Å². The average molecular weight is 287 g/mol. The Bertz CT molecular complexity index is 244. The van der Waals surface area contributed by atoms with Crippen molar-refractivity contribution in [1.29, 1.82) is 0 Å². The van der Waals surface area contributed by atoms with Crippen molar-refractivity contribution in [2.45, 2.75) is 84.4 Å². The molecule has 0 aromatic heterocycles. The van der Waals surface area contributed by atoms with Gasteiger partial charge in [-0.15, -0.1) is 0 Å². The molecule has 0 aliphatic carbocycles. The fourth-order valence-electron chi connectivity index (χ4n) is 2.14. The van der Waals surface area contributed by atoms with Crippen LogP contribution in [0.25, 0.3) is 0 Å². The van der Waals surface area contributed by atoms with E-state index in [1.807, 2.05) is 13.8 Å². The maximum absolute atomic E-state index is 11.6. The first kappa shape index (κ1) is 19.4. The summed E-state index contributed by atoms with van der Waals surface area (Å²) in [6, 6.07) is -0.0159. The second-order valence-electron chi connectivity index (χ2n) is 5.72. The summed E-state index contributed by atoms with van der Waals surface area (Å²) in [6.07, 6.45) is 7.09. The Labute approximate surface area is 124 Å². The highest BCUT2D eigenvalue weighted by molar-refractivity contribution is 5.75. The van der Waals surface area contributed by atoms with Crippen molar-refractivity contribution in [3.8, 4) is 0 Å². The van der Waals surface area contributed by atoms with Gasteiger partial charge in [0.1, 0.15) is 6.04 Å². The number of esters is 1. The number of carbonyl (C=O) groups is 1. The summed E-state index contributed by atoms with van der Waals surface area (Å²) >= 11 is 0. The van der Waals surface area contributed by atoms with Crippen LogP contribution in [-0.4, -0.2) is 37.9 Å². The molecule has 0 fully saturated rings. The van der Waals surface area contributed by atoms with E-state index >= 15 is 0 Å². The van der Waals surface area contributed by atoms with Crippen LogP contribution in [0.2, 0.25) is 0 Å². The predicted molar refractivity (Wildman–Crippen MR) is 82.9 cm³/mol. The van der Waals surface area contributed by atoms with Crippen LogP contribution in [0, 0.1) is 0 Å². The van der Waals surface area contributed by atoms with Gasteiger partial charge in [0.15, 0.2) is 0 Å². The molecule has 0 aromatic carbocycles. The number of ether oxygens (including phenoxy) is 2. The summed E-state index contributed by atoms with van der Waals surface area (Å²) in [7, 11) is 1.43. The Hall–Kier alpha value is -0.610. The van der Waals surface area contributed by atoms with E-state index in [2.05, 4.69) is 19.2 Å². The van der Waals surface area contributed by atoms with E-state index < -0.39 is 0 Å². The second kappa shape index (κ2) is 12.2. The van der Waals surface area contributed by atoms with E-state index in [4.69, 9.17) is 9.47 Å². The summed E-state index contributed by atoms with van der Waals surface area (Å²) in [4.78, 5) is 11.6. The fourth-order valence-corrected chi connectivity index (χ4v) is 2.14. The minimum absolute atomic E-state index is 0.210. The second-order valence-corrected chi connectivity index (χ2v) is 5.72. The standard InChI is InChI=1S/C16H33NO3/c1-6-7-8-9-10-14(4)20-12-11-15(16(18)19-5)17-13(2)3/h13-15,17H,6-12H2,1-5H3. The monoisotopic (exact) mass is 287 g/mol. The number of unbranched alkanes of at least 4 members (excludes halogenated alkanes) is 3. The summed E-state index contributed by atoms with van der Waals surface area (Å²) < 4.78 is 10.6. The molecule has 0 rings (SSSR count). The SMILES string of the molecule is CCCCCCC(C)OCCC(NC(C)C)C(=O)OC. The Morgan fingerprint density at radius 3 is 2.35 bits per heavy atom. The van der Waals surface area contributed by atoms with Gasteiger partial charge in [-0.05, 0) is 19.8 Å². The van der Waals surface area contributed by atoms with E-state index in [9.17, 15) is 4.79 Å². The zero-order chi connectivity index (χ0) is 15.4. The highest BCUT2D eigenvalue weighted by atomic mass is 16.5. The Morgan fingerprint density at radius 2 is 1.80 bits per heavy atom. The molecule has 0 amide bonds. The van der Waals surface area contributed by atoms with Crippen molar-refractivity contribution < 1.29 is 14.3 Å². The highest BCUT2D eigenvalue weighted by Gasteiger charge is 2.19. The van der Waals surface area contributed by atoms with Gasteiger partial charge in [0.05, 0.1) is 13.2 Å². The molecule has 0 heterocycles. The molecule has 0 aromatic rings. The Kier molecular flexibility index (Phi) is 11.8. The van der Waals surface area contributed by atoms with Crippen molar-refractivity contribution >= 4 is 5.97 Å². The molecular formula is C16H33NO3. The molecule has 4 nitrogen and oxygen atoms in total.